The van der Waals surface area contributed by atoms with Gasteiger partial charge in [-0.05, 0) is 31.8 Å². The maximum atomic E-state index is 4.15. The Balaban J connectivity index is 2.11. The van der Waals surface area contributed by atoms with Gasteiger partial charge in [0, 0.05) is 26.7 Å². The van der Waals surface area contributed by atoms with E-state index in [1.54, 1.807) is 7.05 Å². The smallest absolute Gasteiger partial charge is 0.191 e. The Labute approximate surface area is 105 Å². The van der Waals surface area contributed by atoms with E-state index in [-0.39, 0.29) is 0 Å². The fourth-order valence-electron chi connectivity index (χ4n) is 2.01. The van der Waals surface area contributed by atoms with Gasteiger partial charge in [0.05, 0.1) is 0 Å². The topological polar surface area (TPSA) is 39.7 Å². The van der Waals surface area contributed by atoms with Gasteiger partial charge in [0.1, 0.15) is 0 Å². The Kier molecular flexibility index (Phi) is 6.70. The summed E-state index contributed by atoms with van der Waals surface area (Å²) in [4.78, 5) is 6.67. The molecule has 4 heteroatoms. The van der Waals surface area contributed by atoms with Gasteiger partial charge in [-0.1, -0.05) is 13.0 Å². The predicted molar refractivity (Wildman–Crippen MR) is 74.4 cm³/mol. The van der Waals surface area contributed by atoms with Gasteiger partial charge in [-0.15, -0.1) is 6.58 Å². The van der Waals surface area contributed by atoms with E-state index in [0.717, 1.165) is 31.5 Å². The van der Waals surface area contributed by atoms with Crippen LogP contribution in [0.3, 0.4) is 0 Å². The van der Waals surface area contributed by atoms with Gasteiger partial charge in [0.15, 0.2) is 5.96 Å². The third-order valence-electron chi connectivity index (χ3n) is 3.23. The highest BCUT2D eigenvalue weighted by molar-refractivity contribution is 5.79. The van der Waals surface area contributed by atoms with Gasteiger partial charge < -0.3 is 15.5 Å². The molecule has 1 heterocycles. The van der Waals surface area contributed by atoms with Crippen molar-refractivity contribution in [2.45, 2.75) is 19.8 Å². The molecule has 0 aromatic rings. The zero-order valence-corrected chi connectivity index (χ0v) is 11.2. The molecule has 0 aliphatic carbocycles. The van der Waals surface area contributed by atoms with Crippen LogP contribution in [-0.4, -0.2) is 50.6 Å². The summed E-state index contributed by atoms with van der Waals surface area (Å²) in [6.07, 6.45) is 4.51. The quantitative estimate of drug-likeness (QED) is 0.427. The van der Waals surface area contributed by atoms with Crippen molar-refractivity contribution in [2.75, 3.05) is 39.8 Å². The van der Waals surface area contributed by atoms with Gasteiger partial charge >= 0.3 is 0 Å². The van der Waals surface area contributed by atoms with Crippen LogP contribution in [0.2, 0.25) is 0 Å². The highest BCUT2D eigenvalue weighted by atomic mass is 15.2. The molecule has 0 unspecified atom stereocenters. The van der Waals surface area contributed by atoms with E-state index in [1.807, 2.05) is 6.08 Å². The van der Waals surface area contributed by atoms with E-state index in [0.29, 0.717) is 0 Å². The molecule has 4 nitrogen and oxygen atoms in total. The lowest BCUT2D eigenvalue weighted by molar-refractivity contribution is 0.195. The van der Waals surface area contributed by atoms with Crippen LogP contribution in [0.15, 0.2) is 17.6 Å². The maximum absolute atomic E-state index is 4.15. The summed E-state index contributed by atoms with van der Waals surface area (Å²) < 4.78 is 0. The fraction of sp³-hybridized carbons (Fsp3) is 0.769. The second kappa shape index (κ2) is 8.12. The molecule has 0 saturated carbocycles. The van der Waals surface area contributed by atoms with Crippen molar-refractivity contribution in [3.05, 3.63) is 12.7 Å². The molecular formula is C13H26N4. The van der Waals surface area contributed by atoms with Gasteiger partial charge in [-0.3, -0.25) is 4.99 Å². The fourth-order valence-corrected chi connectivity index (χ4v) is 2.01. The Morgan fingerprint density at radius 2 is 2.12 bits per heavy atom. The van der Waals surface area contributed by atoms with E-state index < -0.39 is 0 Å². The molecule has 1 aliphatic heterocycles. The van der Waals surface area contributed by atoms with Gasteiger partial charge in [0.25, 0.3) is 0 Å². The average Bonchev–Trinajstić information content (AvgIpc) is 2.36. The third kappa shape index (κ3) is 5.73. The Morgan fingerprint density at radius 1 is 1.41 bits per heavy atom. The molecule has 0 aromatic heterocycles. The number of guanidine groups is 1. The van der Waals surface area contributed by atoms with Crippen LogP contribution in [0.4, 0.5) is 0 Å². The van der Waals surface area contributed by atoms with Crippen LogP contribution in [0, 0.1) is 5.92 Å². The first-order valence-corrected chi connectivity index (χ1v) is 6.54. The van der Waals surface area contributed by atoms with Crippen LogP contribution in [-0.2, 0) is 0 Å². The van der Waals surface area contributed by atoms with E-state index in [2.05, 4.69) is 34.0 Å². The van der Waals surface area contributed by atoms with Gasteiger partial charge in [-0.2, -0.15) is 0 Å². The molecule has 1 fully saturated rings. The van der Waals surface area contributed by atoms with Crippen LogP contribution in [0.25, 0.3) is 0 Å². The summed E-state index contributed by atoms with van der Waals surface area (Å²) in [6.45, 7) is 11.3. The van der Waals surface area contributed by atoms with Gasteiger partial charge in [-0.25, -0.2) is 0 Å². The first kappa shape index (κ1) is 14.0. The summed E-state index contributed by atoms with van der Waals surface area (Å²) >= 11 is 0. The third-order valence-corrected chi connectivity index (χ3v) is 3.23. The van der Waals surface area contributed by atoms with Crippen molar-refractivity contribution in [1.29, 1.82) is 0 Å². The zero-order valence-electron chi connectivity index (χ0n) is 11.2. The summed E-state index contributed by atoms with van der Waals surface area (Å²) in [5.41, 5.74) is 0. The lowest BCUT2D eigenvalue weighted by Crippen LogP contribution is -2.43. The Bertz CT molecular complexity index is 242. The summed E-state index contributed by atoms with van der Waals surface area (Å²) in [5, 5.41) is 6.48. The molecule has 2 N–H and O–H groups in total. The monoisotopic (exact) mass is 238 g/mol. The Morgan fingerprint density at radius 3 is 2.71 bits per heavy atom. The molecule has 0 aromatic carbocycles. The molecule has 1 rings (SSSR count). The summed E-state index contributed by atoms with van der Waals surface area (Å²) in [6, 6.07) is 0. The van der Waals surface area contributed by atoms with Crippen molar-refractivity contribution in [3.8, 4) is 0 Å². The average molecular weight is 238 g/mol. The number of nitrogens with zero attached hydrogens (tertiary/aromatic N) is 2. The van der Waals surface area contributed by atoms with E-state index >= 15 is 0 Å². The number of nitrogens with one attached hydrogen (secondary N) is 2. The molecule has 0 atom stereocenters. The number of rotatable bonds is 5. The van der Waals surface area contributed by atoms with Crippen LogP contribution < -0.4 is 10.6 Å². The second-order valence-electron chi connectivity index (χ2n) is 4.69. The minimum atomic E-state index is 0.751. The predicted octanol–water partition coefficient (Wildman–Crippen LogP) is 1.07. The molecular weight excluding hydrogens is 212 g/mol. The molecule has 1 saturated heterocycles. The number of hydrogen-bond acceptors (Lipinski definition) is 2. The van der Waals surface area contributed by atoms with E-state index in [1.165, 1.54) is 25.9 Å². The molecule has 0 bridgehead atoms. The minimum Gasteiger partial charge on any atom is -0.355 e. The van der Waals surface area contributed by atoms with E-state index in [9.17, 15) is 0 Å². The SMILES string of the molecule is C=CCNC(=NC)NCCN1CCC(C)CC1. The maximum Gasteiger partial charge on any atom is 0.191 e. The highest BCUT2D eigenvalue weighted by Crippen LogP contribution is 2.14. The first-order chi connectivity index (χ1) is 8.26. The van der Waals surface area contributed by atoms with Crippen LogP contribution in [0.1, 0.15) is 19.8 Å². The largest absolute Gasteiger partial charge is 0.355 e. The standard InChI is InChI=1S/C13H26N4/c1-4-7-15-13(14-3)16-8-11-17-9-5-12(2)6-10-17/h4,12H,1,5-11H2,2-3H3,(H2,14,15,16). The normalized spacial score (nSPS) is 19.1. The molecule has 0 amide bonds. The number of piperidine rings is 1. The van der Waals surface area contributed by atoms with Crippen molar-refractivity contribution < 1.29 is 0 Å². The summed E-state index contributed by atoms with van der Waals surface area (Å²) in [7, 11) is 1.79. The van der Waals surface area contributed by atoms with Crippen LogP contribution >= 0.6 is 0 Å². The molecule has 1 aliphatic rings. The lowest BCUT2D eigenvalue weighted by atomic mass is 9.99. The molecule has 0 radical (unpaired) electrons. The van der Waals surface area contributed by atoms with Crippen molar-refractivity contribution in [2.24, 2.45) is 10.9 Å². The summed E-state index contributed by atoms with van der Waals surface area (Å²) in [5.74, 6) is 1.76. The van der Waals surface area contributed by atoms with E-state index in [4.69, 9.17) is 0 Å². The lowest BCUT2D eigenvalue weighted by Gasteiger charge is -2.30. The first-order valence-electron chi connectivity index (χ1n) is 6.54. The Hall–Kier alpha value is -1.03. The second-order valence-corrected chi connectivity index (χ2v) is 4.69. The molecule has 98 valence electrons. The number of aliphatic imine (C=N–C) groups is 1. The number of likely N-dealkylation sites (tertiary alicyclic amines) is 1. The van der Waals surface area contributed by atoms with Gasteiger partial charge in [0.2, 0.25) is 0 Å². The molecule has 0 spiro atoms. The van der Waals surface area contributed by atoms with Crippen molar-refractivity contribution >= 4 is 5.96 Å². The van der Waals surface area contributed by atoms with Crippen molar-refractivity contribution in [1.82, 2.24) is 15.5 Å². The number of hydrogen-bond donors (Lipinski definition) is 2. The van der Waals surface area contributed by atoms with Crippen molar-refractivity contribution in [3.63, 3.8) is 0 Å². The zero-order chi connectivity index (χ0) is 12.5. The molecule has 17 heavy (non-hydrogen) atoms. The minimum absolute atomic E-state index is 0.751. The highest BCUT2D eigenvalue weighted by Gasteiger charge is 2.14. The van der Waals surface area contributed by atoms with Crippen LogP contribution in [0.5, 0.6) is 0 Å².